The lowest BCUT2D eigenvalue weighted by atomic mass is 9.98. The number of carbonyl (C=O) groups is 3. The third-order valence-corrected chi connectivity index (χ3v) is 6.59. The zero-order chi connectivity index (χ0) is 26.3. The number of aromatic nitrogens is 1. The summed E-state index contributed by atoms with van der Waals surface area (Å²) in [6, 6.07) is 7.07. The Morgan fingerprint density at radius 1 is 1.30 bits per heavy atom. The maximum Gasteiger partial charge on any atom is 0.295 e. The Morgan fingerprint density at radius 3 is 2.81 bits per heavy atom. The fourth-order valence-corrected chi connectivity index (χ4v) is 4.36. The van der Waals surface area contributed by atoms with Crippen LogP contribution < -0.4 is 14.8 Å². The fourth-order valence-electron chi connectivity index (χ4n) is 4.36. The molecule has 3 amide bonds. The number of alkyl halides is 1. The zero-order valence-electron chi connectivity index (χ0n) is 20.1. The molecule has 2 aromatic heterocycles. The third-order valence-electron chi connectivity index (χ3n) is 6.59. The number of carbonyl (C=O) groups excluding carboxylic acids is 3. The van der Waals surface area contributed by atoms with Crippen molar-refractivity contribution in [1.29, 1.82) is 0 Å². The average molecular weight is 514 g/mol. The van der Waals surface area contributed by atoms with Gasteiger partial charge < -0.3 is 29.0 Å². The van der Waals surface area contributed by atoms with Gasteiger partial charge in [0.1, 0.15) is 42.2 Å². The molecule has 1 saturated heterocycles. The number of methoxy groups -OCH3 is 1. The summed E-state index contributed by atoms with van der Waals surface area (Å²) in [5.74, 6) is -2.34. The summed E-state index contributed by atoms with van der Waals surface area (Å²) in [5, 5.41) is 2.96. The van der Waals surface area contributed by atoms with Crippen molar-refractivity contribution in [3.63, 3.8) is 0 Å². The number of benzene rings is 1. The van der Waals surface area contributed by atoms with Gasteiger partial charge in [-0.25, -0.2) is 8.78 Å². The first kappa shape index (κ1) is 24.5. The highest BCUT2D eigenvalue weighted by molar-refractivity contribution is 6.06. The van der Waals surface area contributed by atoms with Crippen molar-refractivity contribution in [1.82, 2.24) is 20.1 Å². The van der Waals surface area contributed by atoms with E-state index in [9.17, 15) is 23.2 Å². The number of nitrogens with one attached hydrogen (secondary N) is 1. The Bertz CT molecular complexity index is 1390. The Balaban J connectivity index is 1.48. The quantitative estimate of drug-likeness (QED) is 0.536. The molecule has 1 N–H and O–H groups in total. The number of nitrogens with zero attached hydrogens (tertiary/aromatic N) is 3. The molecule has 0 unspecified atom stereocenters. The number of amides is 3. The second-order valence-electron chi connectivity index (χ2n) is 9.09. The lowest BCUT2D eigenvalue weighted by Gasteiger charge is -2.40. The van der Waals surface area contributed by atoms with E-state index in [2.05, 4.69) is 10.3 Å². The maximum atomic E-state index is 13.9. The monoisotopic (exact) mass is 514 g/mol. The van der Waals surface area contributed by atoms with E-state index in [4.69, 9.17) is 13.9 Å². The Hall–Kier alpha value is -4.22. The van der Waals surface area contributed by atoms with Crippen LogP contribution in [0.4, 0.5) is 8.78 Å². The van der Waals surface area contributed by atoms with Crippen LogP contribution in [-0.2, 0) is 16.1 Å². The van der Waals surface area contributed by atoms with Crippen molar-refractivity contribution in [2.24, 2.45) is 0 Å². The van der Waals surface area contributed by atoms with E-state index in [0.717, 1.165) is 11.0 Å². The first-order valence-electron chi connectivity index (χ1n) is 11.6. The topological polar surface area (TPSA) is 114 Å². The van der Waals surface area contributed by atoms with Crippen molar-refractivity contribution in [3.8, 4) is 11.5 Å². The summed E-state index contributed by atoms with van der Waals surface area (Å²) < 4.78 is 44.2. The standard InChI is InChI=1S/C25H24F2N4O6/c1-25(24(34)29-9-17-19(35-2)4-3-7-28-17)13-36-21-16-8-14(26)5-6-18(16)37-22(21)23(33)31(25)12-20(32)30-10-15(27)11-30/h3-8,15H,9-13H2,1-2H3,(H,29,34)/t25-/m1/s1. The fraction of sp³-hybridized carbons (Fsp3) is 0.360. The zero-order valence-corrected chi connectivity index (χ0v) is 20.1. The summed E-state index contributed by atoms with van der Waals surface area (Å²) in [6.07, 6.45) is 0.412. The van der Waals surface area contributed by atoms with Crippen molar-refractivity contribution < 1.29 is 37.1 Å². The molecule has 0 aliphatic carbocycles. The van der Waals surface area contributed by atoms with Crippen LogP contribution >= 0.6 is 0 Å². The van der Waals surface area contributed by atoms with Crippen LogP contribution in [0.2, 0.25) is 0 Å². The largest absolute Gasteiger partial charge is 0.495 e. The number of furan rings is 1. The maximum absolute atomic E-state index is 13.9. The molecule has 194 valence electrons. The lowest BCUT2D eigenvalue weighted by Crippen LogP contribution is -2.64. The minimum absolute atomic E-state index is 0.0207. The van der Waals surface area contributed by atoms with E-state index in [1.54, 1.807) is 18.3 Å². The predicted molar refractivity (Wildman–Crippen MR) is 125 cm³/mol. The molecular weight excluding hydrogens is 490 g/mol. The highest BCUT2D eigenvalue weighted by atomic mass is 19.1. The summed E-state index contributed by atoms with van der Waals surface area (Å²) in [7, 11) is 1.47. The van der Waals surface area contributed by atoms with Gasteiger partial charge in [0.15, 0.2) is 11.3 Å². The van der Waals surface area contributed by atoms with Gasteiger partial charge in [-0.15, -0.1) is 0 Å². The number of hydrogen-bond acceptors (Lipinski definition) is 7. The molecule has 37 heavy (non-hydrogen) atoms. The number of fused-ring (bicyclic) bond motifs is 3. The van der Waals surface area contributed by atoms with E-state index in [-0.39, 0.29) is 48.7 Å². The summed E-state index contributed by atoms with van der Waals surface area (Å²) in [6.45, 7) is 0.370. The Morgan fingerprint density at radius 2 is 2.08 bits per heavy atom. The number of rotatable bonds is 6. The minimum Gasteiger partial charge on any atom is -0.495 e. The highest BCUT2D eigenvalue weighted by Crippen LogP contribution is 2.39. The first-order valence-corrected chi connectivity index (χ1v) is 11.6. The number of halogens is 2. The second-order valence-corrected chi connectivity index (χ2v) is 9.09. The average Bonchev–Trinajstić information content (AvgIpc) is 3.19. The summed E-state index contributed by atoms with van der Waals surface area (Å²) >= 11 is 0. The van der Waals surface area contributed by atoms with E-state index in [1.165, 1.54) is 31.1 Å². The number of ether oxygens (including phenoxy) is 2. The van der Waals surface area contributed by atoms with Crippen LogP contribution in [0.5, 0.6) is 11.5 Å². The summed E-state index contributed by atoms with van der Waals surface area (Å²) in [5.41, 5.74) is -1.02. The molecule has 3 aromatic rings. The van der Waals surface area contributed by atoms with Crippen LogP contribution in [-0.4, -0.2) is 77.6 Å². The predicted octanol–water partition coefficient (Wildman–Crippen LogP) is 2.07. The molecule has 1 atom stereocenters. The van der Waals surface area contributed by atoms with Crippen LogP contribution in [0.15, 0.2) is 40.9 Å². The number of likely N-dealkylation sites (tertiary alicyclic amines) is 1. The third kappa shape index (κ3) is 4.32. The first-order chi connectivity index (χ1) is 17.7. The molecule has 0 radical (unpaired) electrons. The number of hydrogen-bond donors (Lipinski definition) is 1. The molecule has 2 aliphatic rings. The van der Waals surface area contributed by atoms with Gasteiger partial charge in [0, 0.05) is 6.20 Å². The van der Waals surface area contributed by atoms with Crippen LogP contribution in [0, 0.1) is 5.82 Å². The molecule has 2 aliphatic heterocycles. The SMILES string of the molecule is COc1cccnc1CNC(=O)[C@@]1(C)COc2c(oc3ccc(F)cc23)C(=O)N1CC(=O)N1CC(F)C1. The van der Waals surface area contributed by atoms with Gasteiger partial charge in [-0.05, 0) is 37.3 Å². The molecule has 1 fully saturated rings. The molecule has 4 heterocycles. The minimum atomic E-state index is -1.68. The molecule has 1 aromatic carbocycles. The molecule has 12 heteroatoms. The van der Waals surface area contributed by atoms with Crippen LogP contribution in [0.25, 0.3) is 11.0 Å². The van der Waals surface area contributed by atoms with E-state index in [1.807, 2.05) is 0 Å². The summed E-state index contributed by atoms with van der Waals surface area (Å²) in [4.78, 5) is 46.7. The second kappa shape index (κ2) is 9.34. The molecule has 0 bridgehead atoms. The smallest absolute Gasteiger partial charge is 0.295 e. The Kier molecular flexibility index (Phi) is 6.18. The van der Waals surface area contributed by atoms with Crippen molar-refractivity contribution in [2.45, 2.75) is 25.2 Å². The van der Waals surface area contributed by atoms with Gasteiger partial charge in [0.25, 0.3) is 5.91 Å². The Labute approximate surface area is 210 Å². The number of pyridine rings is 1. The van der Waals surface area contributed by atoms with Crippen molar-refractivity contribution >= 4 is 28.7 Å². The van der Waals surface area contributed by atoms with Crippen LogP contribution in [0.1, 0.15) is 23.2 Å². The van der Waals surface area contributed by atoms with E-state index in [0.29, 0.717) is 11.4 Å². The van der Waals surface area contributed by atoms with Crippen LogP contribution in [0.3, 0.4) is 0 Å². The van der Waals surface area contributed by atoms with Gasteiger partial charge in [0.2, 0.25) is 17.6 Å². The van der Waals surface area contributed by atoms with Gasteiger partial charge >= 0.3 is 0 Å². The molecule has 5 rings (SSSR count). The van der Waals surface area contributed by atoms with Crippen molar-refractivity contribution in [2.75, 3.05) is 33.4 Å². The highest BCUT2D eigenvalue weighted by Gasteiger charge is 2.49. The van der Waals surface area contributed by atoms with Crippen molar-refractivity contribution in [3.05, 3.63) is 53.8 Å². The van der Waals surface area contributed by atoms with E-state index < -0.39 is 41.8 Å². The lowest BCUT2D eigenvalue weighted by molar-refractivity contribution is -0.143. The molecule has 10 nitrogen and oxygen atoms in total. The van der Waals surface area contributed by atoms with Gasteiger partial charge in [-0.1, -0.05) is 0 Å². The molecule has 0 spiro atoms. The van der Waals surface area contributed by atoms with E-state index >= 15 is 0 Å². The van der Waals surface area contributed by atoms with Gasteiger partial charge in [-0.2, -0.15) is 0 Å². The van der Waals surface area contributed by atoms with Gasteiger partial charge in [-0.3, -0.25) is 19.4 Å². The molecule has 0 saturated carbocycles. The molecular formula is C25H24F2N4O6. The normalized spacial score (nSPS) is 19.6. The van der Waals surface area contributed by atoms with Gasteiger partial charge in [0.05, 0.1) is 32.1 Å².